The van der Waals surface area contributed by atoms with Crippen LogP contribution in [0.2, 0.25) is 0 Å². The highest BCUT2D eigenvalue weighted by Gasteiger charge is 2.06. The quantitative estimate of drug-likeness (QED) is 0.401. The van der Waals surface area contributed by atoms with E-state index in [2.05, 4.69) is 15.5 Å². The van der Waals surface area contributed by atoms with Crippen molar-refractivity contribution in [2.75, 3.05) is 18.6 Å². The molecule has 6 nitrogen and oxygen atoms in total. The third-order valence-corrected chi connectivity index (χ3v) is 3.59. The monoisotopic (exact) mass is 349 g/mol. The van der Waals surface area contributed by atoms with Crippen molar-refractivity contribution in [1.29, 1.82) is 0 Å². The number of pyridine rings is 1. The normalized spacial score (nSPS) is 10.8. The smallest absolute Gasteiger partial charge is 0.344 e. The predicted molar refractivity (Wildman–Crippen MR) is 102 cm³/mol. The fourth-order valence-corrected chi connectivity index (χ4v) is 2.42. The van der Waals surface area contributed by atoms with E-state index in [1.165, 1.54) is 0 Å². The molecule has 0 radical (unpaired) electrons. The van der Waals surface area contributed by atoms with Gasteiger partial charge in [0.2, 0.25) is 0 Å². The molecule has 0 aliphatic carbocycles. The average Bonchev–Trinajstić information content (AvgIpc) is 2.68. The fraction of sp³-hybridized carbons (Fsp3) is 0.150. The van der Waals surface area contributed by atoms with Gasteiger partial charge in [0.05, 0.1) is 24.0 Å². The number of para-hydroxylation sites is 2. The molecule has 0 unspecified atom stereocenters. The number of aromatic nitrogens is 1. The van der Waals surface area contributed by atoms with Gasteiger partial charge in [-0.1, -0.05) is 30.3 Å². The van der Waals surface area contributed by atoms with Crippen molar-refractivity contribution in [2.24, 2.45) is 5.10 Å². The topological polar surface area (TPSA) is 72.8 Å². The van der Waals surface area contributed by atoms with Crippen LogP contribution in [0, 0.1) is 0 Å². The van der Waals surface area contributed by atoms with Gasteiger partial charge in [-0.05, 0) is 31.2 Å². The highest BCUT2D eigenvalue weighted by molar-refractivity contribution is 5.91. The lowest BCUT2D eigenvalue weighted by Crippen LogP contribution is -2.15. The molecule has 0 spiro atoms. The van der Waals surface area contributed by atoms with Gasteiger partial charge in [-0.15, -0.1) is 0 Å². The number of esters is 1. The van der Waals surface area contributed by atoms with Crippen LogP contribution in [-0.4, -0.2) is 30.4 Å². The number of rotatable bonds is 7. The number of nitrogens with one attached hydrogen (secondary N) is 1. The van der Waals surface area contributed by atoms with E-state index in [4.69, 9.17) is 9.47 Å². The van der Waals surface area contributed by atoms with Gasteiger partial charge in [0.1, 0.15) is 5.75 Å². The molecule has 3 rings (SSSR count). The predicted octanol–water partition coefficient (Wildman–Crippen LogP) is 3.62. The summed E-state index contributed by atoms with van der Waals surface area (Å²) in [5.41, 5.74) is 5.41. The molecular weight excluding hydrogens is 330 g/mol. The van der Waals surface area contributed by atoms with E-state index < -0.39 is 5.97 Å². The standard InChI is InChI=1S/C20H19N3O3/c1-2-25-19(24)14-26-18-11-4-3-7-16(18)13-22-23-17-10-5-8-15-9-6-12-21-20(15)17/h3-13,23H,2,14H2,1H3. The van der Waals surface area contributed by atoms with Crippen molar-refractivity contribution < 1.29 is 14.3 Å². The van der Waals surface area contributed by atoms with Gasteiger partial charge in [-0.3, -0.25) is 10.4 Å². The molecular formula is C20H19N3O3. The second kappa shape index (κ2) is 8.62. The van der Waals surface area contributed by atoms with Gasteiger partial charge in [-0.25, -0.2) is 4.79 Å². The maximum absolute atomic E-state index is 11.5. The van der Waals surface area contributed by atoms with E-state index >= 15 is 0 Å². The number of nitrogens with zero attached hydrogens (tertiary/aromatic N) is 2. The zero-order chi connectivity index (χ0) is 18.2. The summed E-state index contributed by atoms with van der Waals surface area (Å²) in [6.07, 6.45) is 3.39. The van der Waals surface area contributed by atoms with Crippen LogP contribution in [0.3, 0.4) is 0 Å². The maximum atomic E-state index is 11.5. The number of hydrogen-bond acceptors (Lipinski definition) is 6. The van der Waals surface area contributed by atoms with Crippen LogP contribution in [0.5, 0.6) is 5.75 Å². The van der Waals surface area contributed by atoms with E-state index in [1.54, 1.807) is 25.4 Å². The molecule has 132 valence electrons. The van der Waals surface area contributed by atoms with Crippen LogP contribution in [0.15, 0.2) is 65.9 Å². The van der Waals surface area contributed by atoms with Crippen LogP contribution in [0.1, 0.15) is 12.5 Å². The lowest BCUT2D eigenvalue weighted by molar-refractivity contribution is -0.145. The molecule has 3 aromatic rings. The molecule has 0 atom stereocenters. The Morgan fingerprint density at radius 3 is 2.88 bits per heavy atom. The molecule has 6 heteroatoms. The van der Waals surface area contributed by atoms with Crippen molar-refractivity contribution in [1.82, 2.24) is 4.98 Å². The lowest BCUT2D eigenvalue weighted by Gasteiger charge is -2.08. The molecule has 1 aromatic heterocycles. The molecule has 0 aliphatic rings. The first-order valence-corrected chi connectivity index (χ1v) is 8.28. The Kier molecular flexibility index (Phi) is 5.77. The largest absolute Gasteiger partial charge is 0.481 e. The van der Waals surface area contributed by atoms with E-state index in [1.807, 2.05) is 48.5 Å². The highest BCUT2D eigenvalue weighted by Crippen LogP contribution is 2.21. The summed E-state index contributed by atoms with van der Waals surface area (Å²) >= 11 is 0. The van der Waals surface area contributed by atoms with E-state index in [0.717, 1.165) is 22.2 Å². The number of benzene rings is 2. The van der Waals surface area contributed by atoms with Gasteiger partial charge in [0, 0.05) is 17.1 Å². The van der Waals surface area contributed by atoms with Crippen LogP contribution >= 0.6 is 0 Å². The minimum absolute atomic E-state index is 0.140. The molecule has 0 amide bonds. The second-order valence-electron chi connectivity index (χ2n) is 5.38. The van der Waals surface area contributed by atoms with Gasteiger partial charge in [-0.2, -0.15) is 5.10 Å². The third-order valence-electron chi connectivity index (χ3n) is 3.59. The Bertz CT molecular complexity index is 920. The Morgan fingerprint density at radius 2 is 2.00 bits per heavy atom. The van der Waals surface area contributed by atoms with Gasteiger partial charge >= 0.3 is 5.97 Å². The molecule has 0 saturated carbocycles. The summed E-state index contributed by atoms with van der Waals surface area (Å²) in [5.74, 6) is 0.154. The van der Waals surface area contributed by atoms with Crippen molar-refractivity contribution in [3.8, 4) is 5.75 Å². The molecule has 0 saturated heterocycles. The SMILES string of the molecule is CCOC(=O)COc1ccccc1C=NNc1cccc2cccnc12. The lowest BCUT2D eigenvalue weighted by atomic mass is 10.2. The maximum Gasteiger partial charge on any atom is 0.344 e. The molecule has 2 aromatic carbocycles. The summed E-state index contributed by atoms with van der Waals surface area (Å²) in [6.45, 7) is 1.94. The molecule has 0 aliphatic heterocycles. The second-order valence-corrected chi connectivity index (χ2v) is 5.38. The summed E-state index contributed by atoms with van der Waals surface area (Å²) in [5, 5.41) is 5.31. The minimum atomic E-state index is -0.404. The van der Waals surface area contributed by atoms with E-state index in [0.29, 0.717) is 12.4 Å². The van der Waals surface area contributed by atoms with Crippen LogP contribution in [-0.2, 0) is 9.53 Å². The first-order chi connectivity index (χ1) is 12.8. The van der Waals surface area contributed by atoms with E-state index in [9.17, 15) is 4.79 Å². The van der Waals surface area contributed by atoms with E-state index in [-0.39, 0.29) is 6.61 Å². The third kappa shape index (κ3) is 4.36. The molecule has 26 heavy (non-hydrogen) atoms. The zero-order valence-electron chi connectivity index (χ0n) is 14.4. The Labute approximate surface area is 151 Å². The first-order valence-electron chi connectivity index (χ1n) is 8.28. The summed E-state index contributed by atoms with van der Waals surface area (Å²) in [6, 6.07) is 17.1. The van der Waals surface area contributed by atoms with Crippen molar-refractivity contribution in [3.63, 3.8) is 0 Å². The first kappa shape index (κ1) is 17.4. The summed E-state index contributed by atoms with van der Waals surface area (Å²) in [4.78, 5) is 15.8. The van der Waals surface area contributed by atoms with Crippen LogP contribution in [0.4, 0.5) is 5.69 Å². The number of anilines is 1. The zero-order valence-corrected chi connectivity index (χ0v) is 14.4. The van der Waals surface area contributed by atoms with Crippen LogP contribution < -0.4 is 10.2 Å². The summed E-state index contributed by atoms with van der Waals surface area (Å²) in [7, 11) is 0. The summed E-state index contributed by atoms with van der Waals surface area (Å²) < 4.78 is 10.4. The number of ether oxygens (including phenoxy) is 2. The van der Waals surface area contributed by atoms with Gasteiger partial charge in [0.15, 0.2) is 6.61 Å². The fourth-order valence-electron chi connectivity index (χ4n) is 2.42. The Balaban J connectivity index is 1.71. The number of carbonyl (C=O) groups excluding carboxylic acids is 1. The van der Waals surface area contributed by atoms with Crippen molar-refractivity contribution in [2.45, 2.75) is 6.92 Å². The molecule has 0 bridgehead atoms. The molecule has 1 heterocycles. The molecule has 1 N–H and O–H groups in total. The van der Waals surface area contributed by atoms with Gasteiger partial charge < -0.3 is 9.47 Å². The number of carbonyl (C=O) groups is 1. The minimum Gasteiger partial charge on any atom is -0.481 e. The highest BCUT2D eigenvalue weighted by atomic mass is 16.6. The van der Waals surface area contributed by atoms with Crippen LogP contribution in [0.25, 0.3) is 10.9 Å². The molecule has 0 fully saturated rings. The van der Waals surface area contributed by atoms with Crippen molar-refractivity contribution in [3.05, 3.63) is 66.4 Å². The number of hydrazone groups is 1. The van der Waals surface area contributed by atoms with Crippen molar-refractivity contribution >= 4 is 28.8 Å². The Morgan fingerprint density at radius 1 is 1.15 bits per heavy atom. The number of fused-ring (bicyclic) bond motifs is 1. The Hall–Kier alpha value is -3.41. The number of hydrogen-bond donors (Lipinski definition) is 1. The van der Waals surface area contributed by atoms with Gasteiger partial charge in [0.25, 0.3) is 0 Å². The average molecular weight is 349 g/mol.